The summed E-state index contributed by atoms with van der Waals surface area (Å²) in [5.74, 6) is -1.76. The largest absolute Gasteiger partial charge is 0.450 e. The van der Waals surface area contributed by atoms with Gasteiger partial charge in [-0.05, 0) is 24.1 Å². The lowest BCUT2D eigenvalue weighted by Gasteiger charge is -2.06. The van der Waals surface area contributed by atoms with Gasteiger partial charge in [-0.1, -0.05) is 23.7 Å². The van der Waals surface area contributed by atoms with E-state index in [2.05, 4.69) is 0 Å². The second-order valence-electron chi connectivity index (χ2n) is 3.18. The smallest absolute Gasteiger partial charge is 0.289 e. The molecule has 82 valence electrons. The highest BCUT2D eigenvalue weighted by molar-refractivity contribution is 6.31. The Kier molecular flexibility index (Phi) is 3.39. The first-order valence-electron chi connectivity index (χ1n) is 4.16. The van der Waals surface area contributed by atoms with Gasteiger partial charge in [0.2, 0.25) is 5.78 Å². The van der Waals surface area contributed by atoms with Crippen LogP contribution in [0.1, 0.15) is 11.1 Å². The van der Waals surface area contributed by atoms with Gasteiger partial charge in [-0.25, -0.2) is 0 Å². The van der Waals surface area contributed by atoms with Crippen LogP contribution in [0.15, 0.2) is 18.2 Å². The van der Waals surface area contributed by atoms with Crippen molar-refractivity contribution in [1.82, 2.24) is 0 Å². The van der Waals surface area contributed by atoms with Crippen LogP contribution in [0.3, 0.4) is 0 Å². The molecule has 0 aliphatic rings. The van der Waals surface area contributed by atoms with Crippen molar-refractivity contribution >= 4 is 17.4 Å². The van der Waals surface area contributed by atoms with Crippen LogP contribution in [0.2, 0.25) is 5.02 Å². The molecule has 0 aromatic heterocycles. The maximum atomic E-state index is 11.9. The first-order valence-corrected chi connectivity index (χ1v) is 4.53. The quantitative estimate of drug-likeness (QED) is 0.770. The van der Waals surface area contributed by atoms with Gasteiger partial charge in [-0.15, -0.1) is 0 Å². The van der Waals surface area contributed by atoms with Gasteiger partial charge >= 0.3 is 6.18 Å². The van der Waals surface area contributed by atoms with Crippen LogP contribution in [-0.4, -0.2) is 12.0 Å². The molecule has 0 spiro atoms. The Labute approximate surface area is 89.9 Å². The van der Waals surface area contributed by atoms with Gasteiger partial charge in [-0.3, -0.25) is 4.79 Å². The molecule has 0 aliphatic carbocycles. The SMILES string of the molecule is Cc1ccc(CC(=O)C(F)(F)F)cc1Cl. The molecule has 0 fully saturated rings. The lowest BCUT2D eigenvalue weighted by atomic mass is 10.1. The van der Waals surface area contributed by atoms with E-state index >= 15 is 0 Å². The lowest BCUT2D eigenvalue weighted by molar-refractivity contribution is -0.170. The third kappa shape index (κ3) is 3.23. The van der Waals surface area contributed by atoms with Crippen molar-refractivity contribution in [2.24, 2.45) is 0 Å². The standard InChI is InChI=1S/C10H8ClF3O/c1-6-2-3-7(4-8(6)11)5-9(15)10(12,13)14/h2-4H,5H2,1H3. The lowest BCUT2D eigenvalue weighted by Crippen LogP contribution is -2.24. The van der Waals surface area contributed by atoms with E-state index in [-0.39, 0.29) is 5.56 Å². The average Bonchev–Trinajstić information content (AvgIpc) is 2.10. The monoisotopic (exact) mass is 236 g/mol. The fourth-order valence-electron chi connectivity index (χ4n) is 1.03. The molecule has 0 bridgehead atoms. The Balaban J connectivity index is 2.83. The molecule has 0 N–H and O–H groups in total. The van der Waals surface area contributed by atoms with Crippen molar-refractivity contribution in [3.05, 3.63) is 34.3 Å². The summed E-state index contributed by atoms with van der Waals surface area (Å²) >= 11 is 5.72. The zero-order valence-electron chi connectivity index (χ0n) is 7.86. The summed E-state index contributed by atoms with van der Waals surface area (Å²) < 4.78 is 35.8. The number of hydrogen-bond donors (Lipinski definition) is 0. The van der Waals surface area contributed by atoms with E-state index in [1.165, 1.54) is 12.1 Å². The Morgan fingerprint density at radius 2 is 2.00 bits per heavy atom. The molecular formula is C10H8ClF3O. The minimum absolute atomic E-state index is 0.271. The van der Waals surface area contributed by atoms with Crippen LogP contribution in [0.5, 0.6) is 0 Å². The van der Waals surface area contributed by atoms with Gasteiger partial charge < -0.3 is 0 Å². The highest BCUT2D eigenvalue weighted by atomic mass is 35.5. The summed E-state index contributed by atoms with van der Waals surface area (Å²) in [5, 5.41) is 0.363. The Hall–Kier alpha value is -1.03. The van der Waals surface area contributed by atoms with Crippen molar-refractivity contribution in [2.45, 2.75) is 19.5 Å². The van der Waals surface area contributed by atoms with E-state index < -0.39 is 18.4 Å². The minimum atomic E-state index is -4.78. The van der Waals surface area contributed by atoms with Gasteiger partial charge in [0.15, 0.2) is 0 Å². The van der Waals surface area contributed by atoms with Crippen molar-refractivity contribution in [2.75, 3.05) is 0 Å². The predicted octanol–water partition coefficient (Wildman–Crippen LogP) is 3.32. The molecule has 0 atom stereocenters. The molecule has 0 radical (unpaired) electrons. The number of hydrogen-bond acceptors (Lipinski definition) is 1. The van der Waals surface area contributed by atoms with Crippen molar-refractivity contribution in [1.29, 1.82) is 0 Å². The van der Waals surface area contributed by atoms with Gasteiger partial charge in [-0.2, -0.15) is 13.2 Å². The van der Waals surface area contributed by atoms with E-state index in [4.69, 9.17) is 11.6 Å². The number of carbonyl (C=O) groups is 1. The molecule has 0 unspecified atom stereocenters. The molecule has 0 aliphatic heterocycles. The van der Waals surface area contributed by atoms with Gasteiger partial charge in [0.1, 0.15) is 0 Å². The fraction of sp³-hybridized carbons (Fsp3) is 0.300. The molecule has 1 aromatic rings. The third-order valence-electron chi connectivity index (χ3n) is 1.92. The minimum Gasteiger partial charge on any atom is -0.289 e. The summed E-state index contributed by atoms with van der Waals surface area (Å²) in [4.78, 5) is 10.7. The van der Waals surface area contributed by atoms with Crippen LogP contribution >= 0.6 is 11.6 Å². The molecule has 0 saturated carbocycles. The first-order chi connectivity index (χ1) is 6.80. The van der Waals surface area contributed by atoms with Crippen LogP contribution in [-0.2, 0) is 11.2 Å². The van der Waals surface area contributed by atoms with Crippen LogP contribution in [0.25, 0.3) is 0 Å². The molecule has 0 amide bonds. The Morgan fingerprint density at radius 1 is 1.40 bits per heavy atom. The first kappa shape index (κ1) is 12.0. The molecular weight excluding hydrogens is 229 g/mol. The van der Waals surface area contributed by atoms with Gasteiger partial charge in [0, 0.05) is 11.4 Å². The normalized spacial score (nSPS) is 11.5. The number of ketones is 1. The summed E-state index contributed by atoms with van der Waals surface area (Å²) in [6, 6.07) is 4.42. The number of carbonyl (C=O) groups excluding carboxylic acids is 1. The fourth-order valence-corrected chi connectivity index (χ4v) is 1.24. The van der Waals surface area contributed by atoms with Crippen molar-refractivity contribution in [3.63, 3.8) is 0 Å². The maximum absolute atomic E-state index is 11.9. The van der Waals surface area contributed by atoms with E-state index in [0.717, 1.165) is 5.56 Å². The molecule has 1 rings (SSSR count). The Bertz CT molecular complexity index is 385. The number of aryl methyl sites for hydroxylation is 1. The molecule has 0 saturated heterocycles. The van der Waals surface area contributed by atoms with E-state index in [9.17, 15) is 18.0 Å². The van der Waals surface area contributed by atoms with Crippen LogP contribution in [0, 0.1) is 6.92 Å². The molecule has 15 heavy (non-hydrogen) atoms. The number of alkyl halides is 3. The summed E-state index contributed by atoms with van der Waals surface area (Å²) in [7, 11) is 0. The molecule has 5 heteroatoms. The molecule has 1 nitrogen and oxygen atoms in total. The second-order valence-corrected chi connectivity index (χ2v) is 3.59. The number of rotatable bonds is 2. The summed E-state index contributed by atoms with van der Waals surface area (Å²) in [6.45, 7) is 1.73. The Morgan fingerprint density at radius 3 is 2.47 bits per heavy atom. The third-order valence-corrected chi connectivity index (χ3v) is 2.32. The predicted molar refractivity (Wildman–Crippen MR) is 51.0 cm³/mol. The molecule has 1 aromatic carbocycles. The summed E-state index contributed by atoms with van der Waals surface area (Å²) in [5.41, 5.74) is 1.03. The zero-order chi connectivity index (χ0) is 11.6. The zero-order valence-corrected chi connectivity index (χ0v) is 8.62. The van der Waals surface area contributed by atoms with E-state index in [1.54, 1.807) is 13.0 Å². The van der Waals surface area contributed by atoms with Gasteiger partial charge in [0.25, 0.3) is 0 Å². The summed E-state index contributed by atoms with van der Waals surface area (Å²) in [6.07, 6.45) is -5.44. The van der Waals surface area contributed by atoms with Gasteiger partial charge in [0.05, 0.1) is 0 Å². The van der Waals surface area contributed by atoms with Crippen molar-refractivity contribution < 1.29 is 18.0 Å². The average molecular weight is 237 g/mol. The van der Waals surface area contributed by atoms with Crippen molar-refractivity contribution in [3.8, 4) is 0 Å². The van der Waals surface area contributed by atoms with Crippen LogP contribution < -0.4 is 0 Å². The number of Topliss-reactive ketones (excluding diaryl/α,β-unsaturated/α-hetero) is 1. The van der Waals surface area contributed by atoms with E-state index in [0.29, 0.717) is 5.02 Å². The highest BCUT2D eigenvalue weighted by Crippen LogP contribution is 2.21. The maximum Gasteiger partial charge on any atom is 0.450 e. The van der Waals surface area contributed by atoms with E-state index in [1.807, 2.05) is 0 Å². The highest BCUT2D eigenvalue weighted by Gasteiger charge is 2.37. The second kappa shape index (κ2) is 4.23. The number of halogens is 4. The topological polar surface area (TPSA) is 17.1 Å². The number of benzene rings is 1. The molecule has 0 heterocycles. The van der Waals surface area contributed by atoms with Crippen LogP contribution in [0.4, 0.5) is 13.2 Å².